The lowest BCUT2D eigenvalue weighted by atomic mass is 9.87. The van der Waals surface area contributed by atoms with E-state index in [2.05, 4.69) is 60.8 Å². The van der Waals surface area contributed by atoms with Crippen LogP contribution < -0.4 is 14.8 Å². The van der Waals surface area contributed by atoms with E-state index in [1.165, 1.54) is 16.7 Å². The molecule has 0 amide bonds. The lowest BCUT2D eigenvalue weighted by Crippen LogP contribution is -2.22. The van der Waals surface area contributed by atoms with E-state index in [0.717, 1.165) is 29.5 Å². The van der Waals surface area contributed by atoms with Crippen LogP contribution in [0.1, 0.15) is 55.8 Å². The van der Waals surface area contributed by atoms with Crippen molar-refractivity contribution in [2.24, 2.45) is 0 Å². The van der Waals surface area contributed by atoms with Crippen molar-refractivity contribution in [1.82, 2.24) is 5.32 Å². The molecule has 3 aromatic rings. The normalized spacial score (nSPS) is 13.1. The van der Waals surface area contributed by atoms with Gasteiger partial charge < -0.3 is 14.8 Å². The molecule has 0 aliphatic rings. The minimum Gasteiger partial charge on any atom is -0.496 e. The van der Waals surface area contributed by atoms with Gasteiger partial charge in [-0.05, 0) is 75.2 Å². The second-order valence-corrected chi connectivity index (χ2v) is 8.48. The molecule has 0 saturated carbocycles. The molecule has 0 aromatic heterocycles. The first-order valence-electron chi connectivity index (χ1n) is 10.9. The number of methoxy groups -OCH3 is 1. The number of halogens is 1. The Morgan fingerprint density at radius 2 is 1.48 bits per heavy atom. The molecule has 0 bridgehead atoms. The molecule has 164 valence electrons. The van der Waals surface area contributed by atoms with Crippen molar-refractivity contribution in [2.45, 2.75) is 45.3 Å². The summed E-state index contributed by atoms with van der Waals surface area (Å²) < 4.78 is 11.5. The monoisotopic (exact) mass is 437 g/mol. The van der Waals surface area contributed by atoms with Gasteiger partial charge in [0.2, 0.25) is 0 Å². The van der Waals surface area contributed by atoms with E-state index in [-0.39, 0.29) is 18.1 Å². The molecule has 1 N–H and O–H groups in total. The topological polar surface area (TPSA) is 30.5 Å². The zero-order valence-electron chi connectivity index (χ0n) is 18.8. The summed E-state index contributed by atoms with van der Waals surface area (Å²) in [7, 11) is 1.73. The first-order valence-corrected chi connectivity index (χ1v) is 11.2. The van der Waals surface area contributed by atoms with Gasteiger partial charge in [0.05, 0.1) is 13.2 Å². The smallest absolute Gasteiger partial charge is 0.122 e. The summed E-state index contributed by atoms with van der Waals surface area (Å²) in [4.78, 5) is 0. The van der Waals surface area contributed by atoms with Crippen molar-refractivity contribution < 1.29 is 9.47 Å². The summed E-state index contributed by atoms with van der Waals surface area (Å²) in [6, 6.07) is 25.0. The van der Waals surface area contributed by atoms with Crippen LogP contribution in [0.3, 0.4) is 0 Å². The number of hydrogen-bond acceptors (Lipinski definition) is 3. The number of benzene rings is 3. The van der Waals surface area contributed by atoms with E-state index < -0.39 is 0 Å². The third kappa shape index (κ3) is 6.49. The van der Waals surface area contributed by atoms with Crippen LogP contribution in [-0.4, -0.2) is 19.8 Å². The third-order valence-corrected chi connectivity index (χ3v) is 5.67. The lowest BCUT2D eigenvalue weighted by Gasteiger charge is -2.23. The molecule has 0 saturated heterocycles. The van der Waals surface area contributed by atoms with E-state index >= 15 is 0 Å². The van der Waals surface area contributed by atoms with Crippen molar-refractivity contribution in [3.63, 3.8) is 0 Å². The Morgan fingerprint density at radius 1 is 0.839 bits per heavy atom. The summed E-state index contributed by atoms with van der Waals surface area (Å²) in [5.74, 6) is 2.03. The molecule has 0 radical (unpaired) electrons. The number of nitrogens with one attached hydrogen (secondary N) is 1. The van der Waals surface area contributed by atoms with Gasteiger partial charge >= 0.3 is 0 Å². The van der Waals surface area contributed by atoms with E-state index in [1.807, 2.05) is 38.1 Å². The summed E-state index contributed by atoms with van der Waals surface area (Å²) >= 11 is 6.02. The van der Waals surface area contributed by atoms with Crippen LogP contribution in [0.2, 0.25) is 5.02 Å². The van der Waals surface area contributed by atoms with Crippen molar-refractivity contribution >= 4 is 11.6 Å². The van der Waals surface area contributed by atoms with Crippen LogP contribution in [0.15, 0.2) is 72.8 Å². The van der Waals surface area contributed by atoms with Crippen molar-refractivity contribution in [1.29, 1.82) is 0 Å². The second-order valence-electron chi connectivity index (χ2n) is 8.05. The van der Waals surface area contributed by atoms with Gasteiger partial charge in [-0.15, -0.1) is 0 Å². The molecule has 0 unspecified atom stereocenters. The van der Waals surface area contributed by atoms with Crippen molar-refractivity contribution in [3.05, 3.63) is 94.5 Å². The van der Waals surface area contributed by atoms with Gasteiger partial charge in [-0.1, -0.05) is 54.1 Å². The molecule has 0 fully saturated rings. The molecule has 4 heteroatoms. The van der Waals surface area contributed by atoms with E-state index in [0.29, 0.717) is 0 Å². The first-order chi connectivity index (χ1) is 15.0. The third-order valence-electron chi connectivity index (χ3n) is 5.42. The highest BCUT2D eigenvalue weighted by molar-refractivity contribution is 6.30. The van der Waals surface area contributed by atoms with Crippen LogP contribution in [0.25, 0.3) is 0 Å². The van der Waals surface area contributed by atoms with Gasteiger partial charge in [0, 0.05) is 22.5 Å². The summed E-state index contributed by atoms with van der Waals surface area (Å²) in [6.07, 6.45) is 1.11. The summed E-state index contributed by atoms with van der Waals surface area (Å²) in [5, 5.41) is 4.42. The molecular weight excluding hydrogens is 406 g/mol. The van der Waals surface area contributed by atoms with Crippen LogP contribution >= 0.6 is 11.6 Å². The highest BCUT2D eigenvalue weighted by atomic mass is 35.5. The first kappa shape index (κ1) is 23.2. The van der Waals surface area contributed by atoms with Crippen molar-refractivity contribution in [3.8, 4) is 11.5 Å². The van der Waals surface area contributed by atoms with Gasteiger partial charge in [-0.25, -0.2) is 0 Å². The Labute approximate surface area is 191 Å². The predicted octanol–water partition coefficient (Wildman–Crippen LogP) is 7.01. The number of hydrogen-bond donors (Lipinski definition) is 1. The highest BCUT2D eigenvalue weighted by Gasteiger charge is 2.19. The fourth-order valence-electron chi connectivity index (χ4n) is 3.82. The molecule has 31 heavy (non-hydrogen) atoms. The van der Waals surface area contributed by atoms with Gasteiger partial charge in [-0.2, -0.15) is 0 Å². The maximum absolute atomic E-state index is 6.02. The van der Waals surface area contributed by atoms with E-state index in [1.54, 1.807) is 7.11 Å². The Kier molecular flexibility index (Phi) is 8.39. The molecule has 3 rings (SSSR count). The maximum Gasteiger partial charge on any atom is 0.122 e. The average Bonchev–Trinajstić information content (AvgIpc) is 2.77. The molecule has 3 aromatic carbocycles. The van der Waals surface area contributed by atoms with Gasteiger partial charge in [-0.3, -0.25) is 0 Å². The average molecular weight is 438 g/mol. The maximum atomic E-state index is 6.02. The minimum absolute atomic E-state index is 0.161. The number of ether oxygens (including phenoxy) is 2. The molecule has 2 atom stereocenters. The largest absolute Gasteiger partial charge is 0.496 e. The summed E-state index contributed by atoms with van der Waals surface area (Å²) in [5.41, 5.74) is 3.68. The zero-order chi connectivity index (χ0) is 22.2. The van der Waals surface area contributed by atoms with Crippen LogP contribution in [-0.2, 0) is 0 Å². The Hall–Kier alpha value is -2.49. The lowest BCUT2D eigenvalue weighted by molar-refractivity contribution is 0.242. The fourth-order valence-corrected chi connectivity index (χ4v) is 3.95. The van der Waals surface area contributed by atoms with Crippen LogP contribution in [0, 0.1) is 0 Å². The minimum atomic E-state index is 0.161. The zero-order valence-corrected chi connectivity index (χ0v) is 19.5. The predicted molar refractivity (Wildman–Crippen MR) is 130 cm³/mol. The number of para-hydroxylation sites is 1. The van der Waals surface area contributed by atoms with Crippen molar-refractivity contribution in [2.75, 3.05) is 13.7 Å². The molecule has 0 spiro atoms. The molecule has 0 aliphatic heterocycles. The molecular formula is C27H32ClNO2. The highest BCUT2D eigenvalue weighted by Crippen LogP contribution is 2.35. The van der Waals surface area contributed by atoms with Gasteiger partial charge in [0.1, 0.15) is 11.5 Å². The molecule has 0 aliphatic carbocycles. The SMILES string of the molecule is COc1ccccc1[C@@H](CCN[C@@H](C)c1ccc(Cl)cc1)c1ccc(OC(C)C)cc1. The fraction of sp³-hybridized carbons (Fsp3) is 0.333. The Balaban J connectivity index is 1.77. The molecule has 3 nitrogen and oxygen atoms in total. The van der Waals surface area contributed by atoms with Crippen LogP contribution in [0.4, 0.5) is 0 Å². The number of rotatable bonds is 10. The quantitative estimate of drug-likeness (QED) is 0.370. The Morgan fingerprint density at radius 3 is 2.13 bits per heavy atom. The van der Waals surface area contributed by atoms with Crippen LogP contribution in [0.5, 0.6) is 11.5 Å². The Bertz CT molecular complexity index is 938. The summed E-state index contributed by atoms with van der Waals surface area (Å²) in [6.45, 7) is 7.13. The van der Waals surface area contributed by atoms with Gasteiger partial charge in [0.25, 0.3) is 0 Å². The standard InChI is InChI=1S/C27H32ClNO2/c1-19(2)31-24-15-11-22(12-16-24)25(26-7-5-6-8-27(26)30-4)17-18-29-20(3)21-9-13-23(28)14-10-21/h5-16,19-20,25,29H,17-18H2,1-4H3/t20-,25-/m0/s1. The van der Waals surface area contributed by atoms with E-state index in [4.69, 9.17) is 21.1 Å². The van der Waals surface area contributed by atoms with Gasteiger partial charge in [0.15, 0.2) is 0 Å². The van der Waals surface area contributed by atoms with E-state index in [9.17, 15) is 0 Å². The molecule has 0 heterocycles. The second kappa shape index (κ2) is 11.2.